The molecule has 0 spiro atoms. The molecule has 1 unspecified atom stereocenters. The van der Waals surface area contributed by atoms with Crippen molar-refractivity contribution in [2.24, 2.45) is 0 Å². The number of carbonyl (C=O) groups excluding carboxylic acids is 1. The lowest BCUT2D eigenvalue weighted by Gasteiger charge is -2.30. The van der Waals surface area contributed by atoms with Crippen LogP contribution in [0.25, 0.3) is 0 Å². The molecule has 0 saturated heterocycles. The van der Waals surface area contributed by atoms with Crippen molar-refractivity contribution < 1.29 is 17.9 Å². The van der Waals surface area contributed by atoms with Gasteiger partial charge < -0.3 is 10.1 Å². The molecule has 1 atom stereocenters. The summed E-state index contributed by atoms with van der Waals surface area (Å²) in [5, 5.41) is 2.89. The number of hydrogen-bond acceptors (Lipinski definition) is 4. The second kappa shape index (κ2) is 9.10. The molecule has 0 aliphatic carbocycles. The number of carbonyl (C=O) groups is 1. The SMILES string of the molecule is CCOc1ccc(N(C(CC)C(=O)Nc2cccc(C)c2C)S(C)(=O)=O)cc1. The molecule has 0 aromatic heterocycles. The van der Waals surface area contributed by atoms with Gasteiger partial charge in [-0.3, -0.25) is 9.10 Å². The molecule has 28 heavy (non-hydrogen) atoms. The highest BCUT2D eigenvalue weighted by molar-refractivity contribution is 7.92. The van der Waals surface area contributed by atoms with Crippen molar-refractivity contribution in [1.82, 2.24) is 0 Å². The summed E-state index contributed by atoms with van der Waals surface area (Å²) in [4.78, 5) is 13.0. The Morgan fingerprint density at radius 3 is 2.29 bits per heavy atom. The van der Waals surface area contributed by atoms with Crippen LogP contribution in [0.5, 0.6) is 5.75 Å². The summed E-state index contributed by atoms with van der Waals surface area (Å²) >= 11 is 0. The zero-order chi connectivity index (χ0) is 20.9. The minimum atomic E-state index is -3.68. The number of sulfonamides is 1. The highest BCUT2D eigenvalue weighted by Crippen LogP contribution is 2.26. The lowest BCUT2D eigenvalue weighted by molar-refractivity contribution is -0.117. The van der Waals surface area contributed by atoms with Crippen molar-refractivity contribution in [3.8, 4) is 5.75 Å². The second-order valence-corrected chi connectivity index (χ2v) is 8.51. The Hall–Kier alpha value is -2.54. The van der Waals surface area contributed by atoms with Gasteiger partial charge in [0, 0.05) is 5.69 Å². The molecule has 1 amide bonds. The van der Waals surface area contributed by atoms with Gasteiger partial charge in [0.1, 0.15) is 11.8 Å². The quantitative estimate of drug-likeness (QED) is 0.724. The lowest BCUT2D eigenvalue weighted by atomic mass is 10.1. The highest BCUT2D eigenvalue weighted by Gasteiger charge is 2.31. The van der Waals surface area contributed by atoms with Crippen LogP contribution in [0.2, 0.25) is 0 Å². The second-order valence-electron chi connectivity index (χ2n) is 6.65. The predicted molar refractivity (Wildman–Crippen MR) is 114 cm³/mol. The van der Waals surface area contributed by atoms with E-state index in [2.05, 4.69) is 5.32 Å². The Bertz CT molecular complexity index is 924. The van der Waals surface area contributed by atoms with Crippen molar-refractivity contribution in [1.29, 1.82) is 0 Å². The molecule has 6 nitrogen and oxygen atoms in total. The Kier molecular flexibility index (Phi) is 7.07. The normalized spacial score (nSPS) is 12.3. The van der Waals surface area contributed by atoms with E-state index in [1.165, 1.54) is 4.31 Å². The zero-order valence-electron chi connectivity index (χ0n) is 17.0. The number of nitrogens with one attached hydrogen (secondary N) is 1. The Morgan fingerprint density at radius 2 is 1.75 bits per heavy atom. The van der Waals surface area contributed by atoms with Crippen LogP contribution >= 0.6 is 0 Å². The third kappa shape index (κ3) is 5.04. The van der Waals surface area contributed by atoms with Crippen LogP contribution < -0.4 is 14.4 Å². The molecule has 0 heterocycles. The van der Waals surface area contributed by atoms with Crippen LogP contribution in [-0.4, -0.2) is 33.2 Å². The van der Waals surface area contributed by atoms with Gasteiger partial charge in [-0.1, -0.05) is 19.1 Å². The van der Waals surface area contributed by atoms with Gasteiger partial charge in [0.15, 0.2) is 0 Å². The molecule has 0 bridgehead atoms. The van der Waals surface area contributed by atoms with Crippen LogP contribution in [0.4, 0.5) is 11.4 Å². The third-order valence-corrected chi connectivity index (χ3v) is 5.77. The van der Waals surface area contributed by atoms with Crippen molar-refractivity contribution in [3.63, 3.8) is 0 Å². The number of anilines is 2. The minimum Gasteiger partial charge on any atom is -0.494 e. The maximum absolute atomic E-state index is 13.0. The summed E-state index contributed by atoms with van der Waals surface area (Å²) in [5.41, 5.74) is 3.12. The van der Waals surface area contributed by atoms with Gasteiger partial charge in [0.25, 0.3) is 0 Å². The summed E-state index contributed by atoms with van der Waals surface area (Å²) in [6.45, 7) is 8.07. The van der Waals surface area contributed by atoms with Crippen molar-refractivity contribution in [2.75, 3.05) is 22.5 Å². The van der Waals surface area contributed by atoms with E-state index >= 15 is 0 Å². The fourth-order valence-electron chi connectivity index (χ4n) is 3.02. The number of nitrogens with zero attached hydrogens (tertiary/aromatic N) is 1. The molecule has 1 N–H and O–H groups in total. The number of ether oxygens (including phenoxy) is 1. The fraction of sp³-hybridized carbons (Fsp3) is 0.381. The van der Waals surface area contributed by atoms with E-state index < -0.39 is 16.1 Å². The summed E-state index contributed by atoms with van der Waals surface area (Å²) < 4.78 is 31.7. The molecular weight excluding hydrogens is 376 g/mol. The fourth-order valence-corrected chi connectivity index (χ4v) is 4.23. The average Bonchev–Trinajstić information content (AvgIpc) is 2.63. The van der Waals surface area contributed by atoms with Gasteiger partial charge in [0.2, 0.25) is 15.9 Å². The van der Waals surface area contributed by atoms with Gasteiger partial charge in [-0.05, 0) is 68.7 Å². The van der Waals surface area contributed by atoms with Gasteiger partial charge in [-0.15, -0.1) is 0 Å². The average molecular weight is 405 g/mol. The van der Waals surface area contributed by atoms with E-state index in [-0.39, 0.29) is 5.91 Å². The number of hydrogen-bond donors (Lipinski definition) is 1. The maximum atomic E-state index is 13.0. The molecule has 0 saturated carbocycles. The molecule has 2 aromatic rings. The smallest absolute Gasteiger partial charge is 0.248 e. The van der Waals surface area contributed by atoms with Gasteiger partial charge in [0.05, 0.1) is 18.6 Å². The van der Waals surface area contributed by atoms with Crippen molar-refractivity contribution in [3.05, 3.63) is 53.6 Å². The monoisotopic (exact) mass is 404 g/mol. The summed E-state index contributed by atoms with van der Waals surface area (Å²) in [5.74, 6) is 0.281. The summed E-state index contributed by atoms with van der Waals surface area (Å²) in [7, 11) is -3.68. The van der Waals surface area contributed by atoms with Gasteiger partial charge >= 0.3 is 0 Å². The van der Waals surface area contributed by atoms with E-state index in [0.29, 0.717) is 30.2 Å². The molecule has 0 fully saturated rings. The van der Waals surface area contributed by atoms with E-state index in [1.807, 2.05) is 39.0 Å². The largest absolute Gasteiger partial charge is 0.494 e. The van der Waals surface area contributed by atoms with E-state index in [1.54, 1.807) is 31.2 Å². The standard InChI is InChI=1S/C21H28N2O4S/c1-6-20(21(24)22-19-10-8-9-15(3)16(19)4)23(28(5,25)26)17-11-13-18(14-12-17)27-7-2/h8-14,20H,6-7H2,1-5H3,(H,22,24). The number of amides is 1. The number of aryl methyl sites for hydroxylation is 1. The molecule has 2 aromatic carbocycles. The lowest BCUT2D eigenvalue weighted by Crippen LogP contribution is -2.47. The molecule has 7 heteroatoms. The first-order valence-corrected chi connectivity index (χ1v) is 11.1. The zero-order valence-corrected chi connectivity index (χ0v) is 17.8. The van der Waals surface area contributed by atoms with Gasteiger partial charge in [-0.2, -0.15) is 0 Å². The maximum Gasteiger partial charge on any atom is 0.248 e. The minimum absolute atomic E-state index is 0.330. The van der Waals surface area contributed by atoms with Gasteiger partial charge in [-0.25, -0.2) is 8.42 Å². The molecule has 0 aliphatic rings. The van der Waals surface area contributed by atoms with Crippen molar-refractivity contribution in [2.45, 2.75) is 40.2 Å². The van der Waals surface area contributed by atoms with E-state index in [9.17, 15) is 13.2 Å². The first-order valence-electron chi connectivity index (χ1n) is 9.28. The Balaban J connectivity index is 2.37. The molecule has 0 radical (unpaired) electrons. The molecule has 152 valence electrons. The predicted octanol–water partition coefficient (Wildman–Crippen LogP) is 3.89. The number of benzene rings is 2. The van der Waals surface area contributed by atoms with Crippen LogP contribution in [-0.2, 0) is 14.8 Å². The molecule has 0 aliphatic heterocycles. The Labute approximate surface area is 167 Å². The van der Waals surface area contributed by atoms with Crippen LogP contribution in [0, 0.1) is 13.8 Å². The third-order valence-electron chi connectivity index (χ3n) is 4.59. The molecule has 2 rings (SSSR count). The van der Waals surface area contributed by atoms with Crippen molar-refractivity contribution >= 4 is 27.3 Å². The van der Waals surface area contributed by atoms with E-state index in [0.717, 1.165) is 17.4 Å². The number of rotatable bonds is 8. The first kappa shape index (κ1) is 21.8. The van der Waals surface area contributed by atoms with Crippen LogP contribution in [0.3, 0.4) is 0 Å². The van der Waals surface area contributed by atoms with E-state index in [4.69, 9.17) is 4.74 Å². The summed E-state index contributed by atoms with van der Waals surface area (Å²) in [6.07, 6.45) is 1.44. The topological polar surface area (TPSA) is 75.7 Å². The Morgan fingerprint density at radius 1 is 1.11 bits per heavy atom. The highest BCUT2D eigenvalue weighted by atomic mass is 32.2. The summed E-state index contributed by atoms with van der Waals surface area (Å²) in [6, 6.07) is 11.5. The van der Waals surface area contributed by atoms with Crippen LogP contribution in [0.15, 0.2) is 42.5 Å². The van der Waals surface area contributed by atoms with Crippen LogP contribution in [0.1, 0.15) is 31.4 Å². The first-order chi connectivity index (χ1) is 13.2. The molecular formula is C21H28N2O4S.